The van der Waals surface area contributed by atoms with Gasteiger partial charge in [-0.2, -0.15) is 0 Å². The Morgan fingerprint density at radius 3 is 2.68 bits per heavy atom. The molecule has 0 atom stereocenters. The van der Waals surface area contributed by atoms with E-state index in [0.29, 0.717) is 10.7 Å². The molecule has 2 aromatic rings. The van der Waals surface area contributed by atoms with Crippen molar-refractivity contribution in [2.75, 3.05) is 11.9 Å². The van der Waals surface area contributed by atoms with Crippen molar-refractivity contribution in [3.8, 4) is 0 Å². The number of anilines is 1. The number of nitrogens with one attached hydrogen (secondary N) is 1. The largest absolute Gasteiger partial charge is 0.455 e. The minimum Gasteiger partial charge on any atom is -0.455 e. The topological polar surface area (TPSA) is 98.5 Å². The Morgan fingerprint density at radius 2 is 1.96 bits per heavy atom. The molecule has 0 heterocycles. The lowest BCUT2D eigenvalue weighted by Gasteiger charge is -2.09. The monoisotopic (exact) mass is 362 g/mol. The highest BCUT2D eigenvalue weighted by Crippen LogP contribution is 2.20. The van der Waals surface area contributed by atoms with Crippen LogP contribution in [0.5, 0.6) is 0 Å². The van der Waals surface area contributed by atoms with Gasteiger partial charge in [-0.05, 0) is 24.6 Å². The Morgan fingerprint density at radius 1 is 1.24 bits per heavy atom. The van der Waals surface area contributed by atoms with Crippen LogP contribution in [0.15, 0.2) is 42.5 Å². The molecule has 0 saturated heterocycles. The Labute approximate surface area is 148 Å². The molecule has 0 bridgehead atoms. The number of hydrogen-bond acceptors (Lipinski definition) is 5. The highest BCUT2D eigenvalue weighted by molar-refractivity contribution is 6.31. The van der Waals surface area contributed by atoms with Crippen LogP contribution >= 0.6 is 11.6 Å². The van der Waals surface area contributed by atoms with Gasteiger partial charge in [0.15, 0.2) is 6.61 Å². The quantitative estimate of drug-likeness (QED) is 0.483. The maximum Gasteiger partial charge on any atom is 0.311 e. The number of aryl methyl sites for hydroxylation is 1. The Hall–Kier alpha value is -2.93. The van der Waals surface area contributed by atoms with E-state index in [0.717, 1.165) is 5.56 Å². The molecule has 1 N–H and O–H groups in total. The number of nitro groups is 1. The van der Waals surface area contributed by atoms with Gasteiger partial charge in [-0.3, -0.25) is 19.7 Å². The molecule has 0 saturated carbocycles. The van der Waals surface area contributed by atoms with E-state index < -0.39 is 23.4 Å². The van der Waals surface area contributed by atoms with Crippen molar-refractivity contribution in [1.29, 1.82) is 0 Å². The van der Waals surface area contributed by atoms with Crippen molar-refractivity contribution in [1.82, 2.24) is 0 Å². The summed E-state index contributed by atoms with van der Waals surface area (Å²) >= 11 is 5.87. The van der Waals surface area contributed by atoms with Crippen molar-refractivity contribution >= 4 is 34.9 Å². The molecule has 7 nitrogen and oxygen atoms in total. The first-order valence-corrected chi connectivity index (χ1v) is 7.68. The summed E-state index contributed by atoms with van der Waals surface area (Å²) < 4.78 is 4.88. The van der Waals surface area contributed by atoms with Gasteiger partial charge >= 0.3 is 5.97 Å². The summed E-state index contributed by atoms with van der Waals surface area (Å²) in [5.74, 6) is -1.26. The maximum absolute atomic E-state index is 11.9. The minimum atomic E-state index is -0.729. The van der Waals surface area contributed by atoms with Gasteiger partial charge in [0.25, 0.3) is 11.6 Å². The number of benzene rings is 2. The molecule has 25 heavy (non-hydrogen) atoms. The standard InChI is InChI=1S/C17H15ClN2O5/c1-11-6-7-13(18)9-14(11)19-16(21)10-25-17(22)8-12-4-2-3-5-15(12)20(23)24/h2-7,9H,8,10H2,1H3,(H,19,21). The van der Waals surface area contributed by atoms with Gasteiger partial charge in [-0.15, -0.1) is 0 Å². The predicted octanol–water partition coefficient (Wildman–Crippen LogP) is 3.28. The van der Waals surface area contributed by atoms with Crippen LogP contribution in [0.25, 0.3) is 0 Å². The average molecular weight is 363 g/mol. The molecule has 0 fully saturated rings. The van der Waals surface area contributed by atoms with E-state index in [9.17, 15) is 19.7 Å². The van der Waals surface area contributed by atoms with Crippen molar-refractivity contribution in [2.45, 2.75) is 13.3 Å². The van der Waals surface area contributed by atoms with Crippen LogP contribution in [0.1, 0.15) is 11.1 Å². The van der Waals surface area contributed by atoms with Gasteiger partial charge in [-0.1, -0.05) is 35.9 Å². The van der Waals surface area contributed by atoms with Crippen LogP contribution < -0.4 is 5.32 Å². The molecule has 1 amide bonds. The average Bonchev–Trinajstić information content (AvgIpc) is 2.56. The number of nitrogens with zero attached hydrogens (tertiary/aromatic N) is 1. The van der Waals surface area contributed by atoms with Gasteiger partial charge in [-0.25, -0.2) is 0 Å². The van der Waals surface area contributed by atoms with E-state index in [4.69, 9.17) is 16.3 Å². The number of ether oxygens (including phenoxy) is 1. The van der Waals surface area contributed by atoms with E-state index in [1.165, 1.54) is 18.2 Å². The highest BCUT2D eigenvalue weighted by Gasteiger charge is 2.17. The van der Waals surface area contributed by atoms with Crippen molar-refractivity contribution in [3.05, 3.63) is 68.7 Å². The molecule has 2 rings (SSSR count). The van der Waals surface area contributed by atoms with E-state index >= 15 is 0 Å². The molecule has 0 aliphatic heterocycles. The van der Waals surface area contributed by atoms with Gasteiger partial charge < -0.3 is 10.1 Å². The minimum absolute atomic E-state index is 0.168. The van der Waals surface area contributed by atoms with Crippen molar-refractivity contribution in [3.63, 3.8) is 0 Å². The number of amides is 1. The van der Waals surface area contributed by atoms with Gasteiger partial charge in [0, 0.05) is 22.3 Å². The summed E-state index contributed by atoms with van der Waals surface area (Å²) in [5, 5.41) is 14.0. The first-order chi connectivity index (χ1) is 11.9. The summed E-state index contributed by atoms with van der Waals surface area (Å²) in [6.45, 7) is 1.30. The molecular weight excluding hydrogens is 348 g/mol. The number of carbonyl (C=O) groups excluding carboxylic acids is 2. The number of hydrogen-bond donors (Lipinski definition) is 1. The summed E-state index contributed by atoms with van der Waals surface area (Å²) in [4.78, 5) is 34.0. The fourth-order valence-corrected chi connectivity index (χ4v) is 2.28. The van der Waals surface area contributed by atoms with Gasteiger partial charge in [0.05, 0.1) is 11.3 Å². The van der Waals surface area contributed by atoms with E-state index in [-0.39, 0.29) is 17.7 Å². The molecule has 0 aliphatic rings. The zero-order chi connectivity index (χ0) is 18.4. The van der Waals surface area contributed by atoms with Crippen LogP contribution in [0.4, 0.5) is 11.4 Å². The molecule has 0 aromatic heterocycles. The SMILES string of the molecule is Cc1ccc(Cl)cc1NC(=O)COC(=O)Cc1ccccc1[N+](=O)[O-]. The van der Waals surface area contributed by atoms with Crippen molar-refractivity contribution in [2.24, 2.45) is 0 Å². The lowest BCUT2D eigenvalue weighted by atomic mass is 10.1. The number of halogens is 1. The first kappa shape index (κ1) is 18.4. The van der Waals surface area contributed by atoms with Crippen molar-refractivity contribution < 1.29 is 19.2 Å². The lowest BCUT2D eigenvalue weighted by Crippen LogP contribution is -2.22. The van der Waals surface area contributed by atoms with Crippen LogP contribution in [-0.4, -0.2) is 23.4 Å². The van der Waals surface area contributed by atoms with E-state index in [1.807, 2.05) is 0 Å². The number of carbonyl (C=O) groups is 2. The number of esters is 1. The molecule has 0 unspecified atom stereocenters. The molecule has 0 radical (unpaired) electrons. The number of nitro benzene ring substituents is 1. The maximum atomic E-state index is 11.9. The van der Waals surface area contributed by atoms with Crippen LogP contribution in [0.3, 0.4) is 0 Å². The molecule has 130 valence electrons. The second kappa shape index (κ2) is 8.25. The fraction of sp³-hybridized carbons (Fsp3) is 0.176. The zero-order valence-corrected chi connectivity index (χ0v) is 14.1. The summed E-state index contributed by atoms with van der Waals surface area (Å²) in [7, 11) is 0. The number of rotatable bonds is 6. The van der Waals surface area contributed by atoms with E-state index in [1.54, 1.807) is 31.2 Å². The third-order valence-corrected chi connectivity index (χ3v) is 3.60. The normalized spacial score (nSPS) is 10.2. The van der Waals surface area contributed by atoms with E-state index in [2.05, 4.69) is 5.32 Å². The molecule has 0 aliphatic carbocycles. The predicted molar refractivity (Wildman–Crippen MR) is 92.6 cm³/mol. The second-order valence-corrected chi connectivity index (χ2v) is 5.67. The highest BCUT2D eigenvalue weighted by atomic mass is 35.5. The Balaban J connectivity index is 1.91. The fourth-order valence-electron chi connectivity index (χ4n) is 2.11. The Bertz CT molecular complexity index is 822. The summed E-state index contributed by atoms with van der Waals surface area (Å²) in [5.41, 5.74) is 1.39. The Kier molecular flexibility index (Phi) is 6.08. The smallest absolute Gasteiger partial charge is 0.311 e. The van der Waals surface area contributed by atoms with Crippen LogP contribution in [0.2, 0.25) is 5.02 Å². The first-order valence-electron chi connectivity index (χ1n) is 7.30. The lowest BCUT2D eigenvalue weighted by molar-refractivity contribution is -0.385. The molecular formula is C17H15ClN2O5. The van der Waals surface area contributed by atoms with Gasteiger partial charge in [0.1, 0.15) is 0 Å². The zero-order valence-electron chi connectivity index (χ0n) is 13.3. The third kappa shape index (κ3) is 5.29. The summed E-state index contributed by atoms with van der Waals surface area (Å²) in [6.07, 6.45) is -0.291. The third-order valence-electron chi connectivity index (χ3n) is 3.36. The molecule has 2 aromatic carbocycles. The van der Waals surface area contributed by atoms with Crippen LogP contribution in [0, 0.1) is 17.0 Å². The molecule has 8 heteroatoms. The molecule has 0 spiro atoms. The second-order valence-electron chi connectivity index (χ2n) is 5.23. The van der Waals surface area contributed by atoms with Crippen LogP contribution in [-0.2, 0) is 20.7 Å². The summed E-state index contributed by atoms with van der Waals surface area (Å²) in [6, 6.07) is 10.9. The number of para-hydroxylation sites is 1. The van der Waals surface area contributed by atoms with Gasteiger partial charge in [0.2, 0.25) is 0 Å².